The van der Waals surface area contributed by atoms with Crippen LogP contribution in [0, 0.1) is 0 Å². The van der Waals surface area contributed by atoms with Crippen molar-refractivity contribution in [3.05, 3.63) is 45.4 Å². The molecule has 0 aromatic carbocycles. The van der Waals surface area contributed by atoms with Crippen LogP contribution < -0.4 is 20.7 Å². The topological polar surface area (TPSA) is 64.3 Å². The van der Waals surface area contributed by atoms with Crippen molar-refractivity contribution in [2.45, 2.75) is 25.9 Å². The fraction of sp³-hybridized carbons (Fsp3) is 0.412. The minimum Gasteiger partial charge on any atom is -0.365 e. The van der Waals surface area contributed by atoms with Crippen molar-refractivity contribution in [1.82, 2.24) is 15.3 Å². The standard InChI is InChI=1S/C17H22BrN5O/c1-11-10-23(12(2)7-19-11)14-4-5-16(20-9-14)22(3)15-6-13(18)8-21-17(15)24/h4-6,8-9,11-12,19H,7,10H2,1-3H3,(H,21,24). The normalized spacial score (nSPS) is 20.9. The molecule has 6 nitrogen and oxygen atoms in total. The Hall–Kier alpha value is -1.86. The molecule has 0 bridgehead atoms. The molecule has 2 N–H and O–H groups in total. The number of rotatable bonds is 3. The summed E-state index contributed by atoms with van der Waals surface area (Å²) in [5, 5.41) is 3.48. The Bertz CT molecular complexity index is 760. The Morgan fingerprint density at radius 3 is 2.88 bits per heavy atom. The maximum atomic E-state index is 12.0. The Morgan fingerprint density at radius 1 is 1.38 bits per heavy atom. The molecule has 0 amide bonds. The van der Waals surface area contributed by atoms with Crippen LogP contribution in [0.4, 0.5) is 17.2 Å². The Kier molecular flexibility index (Phi) is 4.91. The minimum absolute atomic E-state index is 0.142. The van der Waals surface area contributed by atoms with Crippen LogP contribution in [0.1, 0.15) is 13.8 Å². The van der Waals surface area contributed by atoms with Crippen LogP contribution in [0.3, 0.4) is 0 Å². The number of H-pyrrole nitrogens is 1. The zero-order valence-corrected chi connectivity index (χ0v) is 15.7. The first-order chi connectivity index (χ1) is 11.5. The first-order valence-electron chi connectivity index (χ1n) is 8.03. The summed E-state index contributed by atoms with van der Waals surface area (Å²) in [6, 6.07) is 6.70. The van der Waals surface area contributed by atoms with Gasteiger partial charge in [-0.25, -0.2) is 4.98 Å². The molecule has 3 heterocycles. The van der Waals surface area contributed by atoms with Gasteiger partial charge in [0.15, 0.2) is 0 Å². The maximum Gasteiger partial charge on any atom is 0.271 e. The highest BCUT2D eigenvalue weighted by molar-refractivity contribution is 9.10. The summed E-state index contributed by atoms with van der Waals surface area (Å²) in [5.41, 5.74) is 1.51. The summed E-state index contributed by atoms with van der Waals surface area (Å²) < 4.78 is 0.823. The molecule has 1 fully saturated rings. The number of pyridine rings is 2. The molecule has 128 valence electrons. The van der Waals surface area contributed by atoms with E-state index < -0.39 is 0 Å². The van der Waals surface area contributed by atoms with E-state index in [1.165, 1.54) is 0 Å². The first kappa shape index (κ1) is 17.0. The predicted octanol–water partition coefficient (Wildman–Crippen LogP) is 2.49. The number of nitrogens with zero attached hydrogens (tertiary/aromatic N) is 3. The van der Waals surface area contributed by atoms with E-state index in [0.717, 1.165) is 29.1 Å². The van der Waals surface area contributed by atoms with Crippen molar-refractivity contribution in [1.29, 1.82) is 0 Å². The van der Waals surface area contributed by atoms with Crippen molar-refractivity contribution in [2.75, 3.05) is 29.9 Å². The van der Waals surface area contributed by atoms with Crippen LogP contribution in [0.5, 0.6) is 0 Å². The molecule has 0 aliphatic carbocycles. The molecule has 0 spiro atoms. The van der Waals surface area contributed by atoms with E-state index in [-0.39, 0.29) is 5.56 Å². The molecule has 7 heteroatoms. The molecule has 2 aromatic rings. The summed E-state index contributed by atoms with van der Waals surface area (Å²) >= 11 is 3.38. The van der Waals surface area contributed by atoms with Gasteiger partial charge in [0, 0.05) is 42.9 Å². The van der Waals surface area contributed by atoms with Crippen molar-refractivity contribution in [3.63, 3.8) is 0 Å². The van der Waals surface area contributed by atoms with Crippen LogP contribution in [0.2, 0.25) is 0 Å². The molecular formula is C17H22BrN5O. The molecule has 0 radical (unpaired) electrons. The Morgan fingerprint density at radius 2 is 2.17 bits per heavy atom. The van der Waals surface area contributed by atoms with Crippen LogP contribution in [0.25, 0.3) is 0 Å². The third kappa shape index (κ3) is 3.47. The van der Waals surface area contributed by atoms with Crippen molar-refractivity contribution in [3.8, 4) is 0 Å². The number of hydrogen-bond acceptors (Lipinski definition) is 5. The molecule has 2 aromatic heterocycles. The van der Waals surface area contributed by atoms with Gasteiger partial charge in [-0.2, -0.15) is 0 Å². The highest BCUT2D eigenvalue weighted by Gasteiger charge is 2.23. The SMILES string of the molecule is CC1CN(c2ccc(N(C)c3cc(Br)c[nH]c3=O)nc2)C(C)CN1. The van der Waals surface area contributed by atoms with Gasteiger partial charge in [-0.1, -0.05) is 0 Å². The number of anilines is 3. The molecule has 2 unspecified atom stereocenters. The van der Waals surface area contributed by atoms with E-state index in [0.29, 0.717) is 17.8 Å². The van der Waals surface area contributed by atoms with Gasteiger partial charge in [-0.15, -0.1) is 0 Å². The van der Waals surface area contributed by atoms with E-state index in [9.17, 15) is 4.79 Å². The average molecular weight is 392 g/mol. The molecule has 1 aliphatic heterocycles. The van der Waals surface area contributed by atoms with Gasteiger partial charge < -0.3 is 20.1 Å². The van der Waals surface area contributed by atoms with Crippen molar-refractivity contribution in [2.24, 2.45) is 0 Å². The van der Waals surface area contributed by atoms with E-state index in [1.807, 2.05) is 19.3 Å². The lowest BCUT2D eigenvalue weighted by atomic mass is 10.1. The molecule has 1 aliphatic rings. The fourth-order valence-corrected chi connectivity index (χ4v) is 3.28. The van der Waals surface area contributed by atoms with Gasteiger partial charge in [0.25, 0.3) is 5.56 Å². The quantitative estimate of drug-likeness (QED) is 0.841. The monoisotopic (exact) mass is 391 g/mol. The molecule has 1 saturated heterocycles. The Balaban J connectivity index is 1.84. The third-order valence-electron chi connectivity index (χ3n) is 4.38. The number of hydrogen-bond donors (Lipinski definition) is 2. The van der Waals surface area contributed by atoms with Crippen LogP contribution in [0.15, 0.2) is 39.9 Å². The summed E-state index contributed by atoms with van der Waals surface area (Å²) in [6.07, 6.45) is 3.51. The van der Waals surface area contributed by atoms with Crippen LogP contribution >= 0.6 is 15.9 Å². The predicted molar refractivity (Wildman–Crippen MR) is 101 cm³/mol. The first-order valence-corrected chi connectivity index (χ1v) is 8.83. The van der Waals surface area contributed by atoms with Gasteiger partial charge in [-0.3, -0.25) is 4.79 Å². The average Bonchev–Trinajstić information content (AvgIpc) is 2.59. The van der Waals surface area contributed by atoms with E-state index in [2.05, 4.69) is 56.0 Å². The molecule has 0 saturated carbocycles. The fourth-order valence-electron chi connectivity index (χ4n) is 2.95. The smallest absolute Gasteiger partial charge is 0.271 e. The molecule has 2 atom stereocenters. The molecule has 3 rings (SSSR count). The molecular weight excluding hydrogens is 370 g/mol. The van der Waals surface area contributed by atoms with Crippen LogP contribution in [-0.2, 0) is 0 Å². The minimum atomic E-state index is -0.142. The van der Waals surface area contributed by atoms with E-state index in [4.69, 9.17) is 0 Å². The van der Waals surface area contributed by atoms with Gasteiger partial charge in [0.05, 0.1) is 11.9 Å². The van der Waals surface area contributed by atoms with Gasteiger partial charge in [0.1, 0.15) is 11.5 Å². The van der Waals surface area contributed by atoms with Crippen LogP contribution in [-0.4, -0.2) is 42.2 Å². The number of aromatic amines is 1. The van der Waals surface area contributed by atoms with Gasteiger partial charge in [0.2, 0.25) is 0 Å². The lowest BCUT2D eigenvalue weighted by molar-refractivity contribution is 0.425. The van der Waals surface area contributed by atoms with Gasteiger partial charge >= 0.3 is 0 Å². The number of nitrogens with one attached hydrogen (secondary N) is 2. The summed E-state index contributed by atoms with van der Waals surface area (Å²) in [7, 11) is 1.84. The Labute approximate surface area is 150 Å². The zero-order chi connectivity index (χ0) is 17.3. The highest BCUT2D eigenvalue weighted by Crippen LogP contribution is 2.24. The van der Waals surface area contributed by atoms with Crippen molar-refractivity contribution >= 4 is 33.1 Å². The summed E-state index contributed by atoms with van der Waals surface area (Å²) in [4.78, 5) is 23.4. The number of aromatic nitrogens is 2. The second-order valence-corrected chi connectivity index (χ2v) is 7.19. The van der Waals surface area contributed by atoms with E-state index >= 15 is 0 Å². The second kappa shape index (κ2) is 6.94. The third-order valence-corrected chi connectivity index (χ3v) is 4.84. The number of piperazine rings is 1. The zero-order valence-electron chi connectivity index (χ0n) is 14.1. The highest BCUT2D eigenvalue weighted by atomic mass is 79.9. The largest absolute Gasteiger partial charge is 0.365 e. The summed E-state index contributed by atoms with van der Waals surface area (Å²) in [5.74, 6) is 0.734. The maximum absolute atomic E-state index is 12.0. The van der Waals surface area contributed by atoms with E-state index in [1.54, 1.807) is 17.2 Å². The number of halogens is 1. The molecule has 24 heavy (non-hydrogen) atoms. The lowest BCUT2D eigenvalue weighted by Crippen LogP contribution is -2.54. The lowest BCUT2D eigenvalue weighted by Gasteiger charge is -2.39. The summed E-state index contributed by atoms with van der Waals surface area (Å²) in [6.45, 7) is 6.33. The van der Waals surface area contributed by atoms with Gasteiger partial charge in [-0.05, 0) is 48.0 Å². The second-order valence-electron chi connectivity index (χ2n) is 6.28. The van der Waals surface area contributed by atoms with Crippen molar-refractivity contribution < 1.29 is 0 Å².